The highest BCUT2D eigenvalue weighted by molar-refractivity contribution is 5.75. The predicted molar refractivity (Wildman–Crippen MR) is 54.8 cm³/mol. The predicted octanol–water partition coefficient (Wildman–Crippen LogP) is 0.903. The number of aliphatic carboxylic acids is 1. The van der Waals surface area contributed by atoms with Crippen LogP contribution in [0.3, 0.4) is 0 Å². The Hall–Kier alpha value is -1.65. The van der Waals surface area contributed by atoms with E-state index in [1.807, 2.05) is 0 Å². The second-order valence-corrected chi connectivity index (χ2v) is 3.82. The third kappa shape index (κ3) is 2.65. The molecule has 1 aromatic heterocycles. The molecule has 5 heteroatoms. The SMILES string of the molecule is Cc1nc(C(C(=O)O)C(C)C)cc(=O)[nH]1. The number of aromatic nitrogens is 2. The van der Waals surface area contributed by atoms with Gasteiger partial charge in [-0.1, -0.05) is 13.8 Å². The summed E-state index contributed by atoms with van der Waals surface area (Å²) in [6.45, 7) is 5.21. The molecule has 0 radical (unpaired) electrons. The Labute approximate surface area is 87.2 Å². The van der Waals surface area contributed by atoms with Gasteiger partial charge in [-0.3, -0.25) is 9.59 Å². The first-order valence-corrected chi connectivity index (χ1v) is 4.72. The lowest BCUT2D eigenvalue weighted by Gasteiger charge is -2.15. The Kier molecular flexibility index (Phi) is 3.24. The van der Waals surface area contributed by atoms with Crippen LogP contribution in [0.1, 0.15) is 31.3 Å². The largest absolute Gasteiger partial charge is 0.481 e. The standard InChI is InChI=1S/C10H14N2O3/c1-5(2)9(10(14)15)7-4-8(13)12-6(3)11-7/h4-5,9H,1-3H3,(H,14,15)(H,11,12,13). The lowest BCUT2D eigenvalue weighted by atomic mass is 9.92. The number of carboxylic acid groups (broad SMARTS) is 1. The number of nitrogens with one attached hydrogen (secondary N) is 1. The van der Waals surface area contributed by atoms with Gasteiger partial charge in [-0.15, -0.1) is 0 Å². The first-order valence-electron chi connectivity index (χ1n) is 4.72. The van der Waals surface area contributed by atoms with E-state index in [0.29, 0.717) is 11.5 Å². The van der Waals surface area contributed by atoms with Gasteiger partial charge in [0.2, 0.25) is 0 Å². The lowest BCUT2D eigenvalue weighted by Crippen LogP contribution is -2.22. The van der Waals surface area contributed by atoms with Gasteiger partial charge in [-0.25, -0.2) is 4.98 Å². The van der Waals surface area contributed by atoms with Gasteiger partial charge in [0.05, 0.1) is 5.69 Å². The van der Waals surface area contributed by atoms with E-state index >= 15 is 0 Å². The van der Waals surface area contributed by atoms with Crippen molar-refractivity contribution in [2.45, 2.75) is 26.7 Å². The molecule has 0 saturated heterocycles. The third-order valence-corrected chi connectivity index (χ3v) is 2.13. The number of carboxylic acids is 1. The van der Waals surface area contributed by atoms with Gasteiger partial charge < -0.3 is 10.1 Å². The normalized spacial score (nSPS) is 12.8. The molecule has 0 aliphatic rings. The zero-order valence-electron chi connectivity index (χ0n) is 8.94. The minimum absolute atomic E-state index is 0.101. The Bertz CT molecular complexity index is 423. The molecule has 0 aromatic carbocycles. The molecule has 0 aliphatic carbocycles. The van der Waals surface area contributed by atoms with Crippen LogP contribution >= 0.6 is 0 Å². The maximum absolute atomic E-state index is 11.2. The summed E-state index contributed by atoms with van der Waals surface area (Å²) >= 11 is 0. The van der Waals surface area contributed by atoms with E-state index in [-0.39, 0.29) is 11.5 Å². The maximum atomic E-state index is 11.2. The summed E-state index contributed by atoms with van der Waals surface area (Å²) in [4.78, 5) is 28.7. The molecule has 1 atom stereocenters. The van der Waals surface area contributed by atoms with Gasteiger partial charge in [-0.2, -0.15) is 0 Å². The molecule has 0 saturated carbocycles. The fraction of sp³-hybridized carbons (Fsp3) is 0.500. The molecule has 0 bridgehead atoms. The van der Waals surface area contributed by atoms with Gasteiger partial charge in [0.25, 0.3) is 5.56 Å². The van der Waals surface area contributed by atoms with E-state index < -0.39 is 11.9 Å². The molecule has 15 heavy (non-hydrogen) atoms. The van der Waals surface area contributed by atoms with Gasteiger partial charge >= 0.3 is 5.97 Å². The molecule has 82 valence electrons. The zero-order chi connectivity index (χ0) is 11.6. The number of aromatic amines is 1. The Morgan fingerprint density at radius 1 is 1.53 bits per heavy atom. The number of carbonyl (C=O) groups is 1. The summed E-state index contributed by atoms with van der Waals surface area (Å²) < 4.78 is 0. The lowest BCUT2D eigenvalue weighted by molar-refractivity contribution is -0.140. The molecular weight excluding hydrogens is 196 g/mol. The second kappa shape index (κ2) is 4.25. The average Bonchev–Trinajstić information content (AvgIpc) is 1.99. The van der Waals surface area contributed by atoms with Gasteiger partial charge in [0.15, 0.2) is 0 Å². The first kappa shape index (κ1) is 11.4. The highest BCUT2D eigenvalue weighted by Crippen LogP contribution is 2.21. The van der Waals surface area contributed by atoms with Crippen LogP contribution in [0.25, 0.3) is 0 Å². The van der Waals surface area contributed by atoms with Crippen molar-refractivity contribution in [3.8, 4) is 0 Å². The van der Waals surface area contributed by atoms with E-state index in [0.717, 1.165) is 0 Å². The number of nitrogens with zero attached hydrogens (tertiary/aromatic N) is 1. The Balaban J connectivity index is 3.23. The maximum Gasteiger partial charge on any atom is 0.312 e. The van der Waals surface area contributed by atoms with Crippen molar-refractivity contribution < 1.29 is 9.90 Å². The molecule has 0 spiro atoms. The highest BCUT2D eigenvalue weighted by atomic mass is 16.4. The number of aryl methyl sites for hydroxylation is 1. The van der Waals surface area contributed by atoms with Crippen LogP contribution in [0, 0.1) is 12.8 Å². The fourth-order valence-corrected chi connectivity index (χ4v) is 1.52. The molecule has 1 heterocycles. The van der Waals surface area contributed by atoms with E-state index in [2.05, 4.69) is 9.97 Å². The highest BCUT2D eigenvalue weighted by Gasteiger charge is 2.25. The molecule has 1 rings (SSSR count). The molecular formula is C10H14N2O3. The third-order valence-electron chi connectivity index (χ3n) is 2.13. The summed E-state index contributed by atoms with van der Waals surface area (Å²) in [6, 6.07) is 1.24. The molecule has 0 amide bonds. The van der Waals surface area contributed by atoms with Crippen LogP contribution in [0.15, 0.2) is 10.9 Å². The summed E-state index contributed by atoms with van der Waals surface area (Å²) in [5.74, 6) is -1.35. The van der Waals surface area contributed by atoms with E-state index in [1.54, 1.807) is 20.8 Å². The average molecular weight is 210 g/mol. The van der Waals surface area contributed by atoms with Gasteiger partial charge in [0, 0.05) is 6.07 Å². The number of hydrogen-bond donors (Lipinski definition) is 2. The van der Waals surface area contributed by atoms with Gasteiger partial charge in [-0.05, 0) is 12.8 Å². The molecule has 1 aromatic rings. The molecule has 1 unspecified atom stereocenters. The van der Waals surface area contributed by atoms with Crippen LogP contribution in [0.2, 0.25) is 0 Å². The van der Waals surface area contributed by atoms with Crippen molar-refractivity contribution in [1.82, 2.24) is 9.97 Å². The van der Waals surface area contributed by atoms with Crippen molar-refractivity contribution in [2.75, 3.05) is 0 Å². The van der Waals surface area contributed by atoms with E-state index in [9.17, 15) is 9.59 Å². The van der Waals surface area contributed by atoms with Crippen molar-refractivity contribution in [1.29, 1.82) is 0 Å². The van der Waals surface area contributed by atoms with E-state index in [4.69, 9.17) is 5.11 Å². The van der Waals surface area contributed by atoms with Crippen LogP contribution in [-0.4, -0.2) is 21.0 Å². The summed E-state index contributed by atoms with van der Waals surface area (Å²) in [5.41, 5.74) is 0.00292. The smallest absolute Gasteiger partial charge is 0.312 e. The second-order valence-electron chi connectivity index (χ2n) is 3.82. The number of hydrogen-bond acceptors (Lipinski definition) is 3. The monoisotopic (exact) mass is 210 g/mol. The Morgan fingerprint density at radius 3 is 2.53 bits per heavy atom. The van der Waals surface area contributed by atoms with Crippen LogP contribution in [0.5, 0.6) is 0 Å². The van der Waals surface area contributed by atoms with Crippen molar-refractivity contribution >= 4 is 5.97 Å². The minimum atomic E-state index is -0.956. The fourth-order valence-electron chi connectivity index (χ4n) is 1.52. The van der Waals surface area contributed by atoms with Crippen molar-refractivity contribution in [2.24, 2.45) is 5.92 Å². The zero-order valence-corrected chi connectivity index (χ0v) is 8.94. The number of rotatable bonds is 3. The molecule has 0 aliphatic heterocycles. The summed E-state index contributed by atoms with van der Waals surface area (Å²) in [5, 5.41) is 9.03. The van der Waals surface area contributed by atoms with Crippen molar-refractivity contribution in [3.05, 3.63) is 27.9 Å². The molecule has 0 fully saturated rings. The topological polar surface area (TPSA) is 83.0 Å². The van der Waals surface area contributed by atoms with Crippen LogP contribution in [0.4, 0.5) is 0 Å². The van der Waals surface area contributed by atoms with E-state index in [1.165, 1.54) is 6.07 Å². The number of H-pyrrole nitrogens is 1. The molecule has 5 nitrogen and oxygen atoms in total. The molecule has 2 N–H and O–H groups in total. The quantitative estimate of drug-likeness (QED) is 0.776. The summed E-state index contributed by atoms with van der Waals surface area (Å²) in [7, 11) is 0. The van der Waals surface area contributed by atoms with Crippen LogP contribution < -0.4 is 5.56 Å². The van der Waals surface area contributed by atoms with Crippen LogP contribution in [-0.2, 0) is 4.79 Å². The Morgan fingerprint density at radius 2 is 2.13 bits per heavy atom. The van der Waals surface area contributed by atoms with Crippen molar-refractivity contribution in [3.63, 3.8) is 0 Å². The van der Waals surface area contributed by atoms with Gasteiger partial charge in [0.1, 0.15) is 11.7 Å². The minimum Gasteiger partial charge on any atom is -0.481 e. The summed E-state index contributed by atoms with van der Waals surface area (Å²) in [6.07, 6.45) is 0. The first-order chi connectivity index (χ1) is 6.91.